The van der Waals surface area contributed by atoms with Gasteiger partial charge in [0.2, 0.25) is 0 Å². The van der Waals surface area contributed by atoms with Crippen LogP contribution in [0.15, 0.2) is 12.4 Å². The van der Waals surface area contributed by atoms with Crippen LogP contribution in [0.5, 0.6) is 0 Å². The highest BCUT2D eigenvalue weighted by Crippen LogP contribution is 2.35. The maximum absolute atomic E-state index is 12.3. The SMILES string of the molecule is FCc1cncc(I)c1C(F)(F)F. The molecule has 1 rings (SSSR count). The first-order valence-corrected chi connectivity index (χ1v) is 4.30. The Labute approximate surface area is 85.3 Å². The molecule has 1 heterocycles. The summed E-state index contributed by atoms with van der Waals surface area (Å²) in [7, 11) is 0. The molecular formula is C7H4F4IN. The molecule has 0 saturated carbocycles. The van der Waals surface area contributed by atoms with Gasteiger partial charge in [-0.1, -0.05) is 0 Å². The summed E-state index contributed by atoms with van der Waals surface area (Å²) in [5, 5.41) is 0. The summed E-state index contributed by atoms with van der Waals surface area (Å²) in [6.45, 7) is -1.15. The van der Waals surface area contributed by atoms with Crippen molar-refractivity contribution in [3.8, 4) is 0 Å². The lowest BCUT2D eigenvalue weighted by Crippen LogP contribution is -2.11. The zero-order valence-electron chi connectivity index (χ0n) is 6.20. The second-order valence-electron chi connectivity index (χ2n) is 2.29. The van der Waals surface area contributed by atoms with Crippen LogP contribution in [-0.2, 0) is 12.9 Å². The van der Waals surface area contributed by atoms with Gasteiger partial charge in [-0.3, -0.25) is 4.98 Å². The minimum absolute atomic E-state index is 0.0831. The van der Waals surface area contributed by atoms with E-state index in [0.29, 0.717) is 0 Å². The largest absolute Gasteiger partial charge is 0.417 e. The second-order valence-corrected chi connectivity index (χ2v) is 3.45. The van der Waals surface area contributed by atoms with Gasteiger partial charge in [-0.05, 0) is 22.6 Å². The predicted octanol–water partition coefficient (Wildman–Crippen LogP) is 3.17. The van der Waals surface area contributed by atoms with Gasteiger partial charge in [0.25, 0.3) is 0 Å². The standard InChI is InChI=1S/C7H4F4IN/c8-1-4-2-13-3-5(12)6(4)7(9,10)11/h2-3H,1H2. The third-order valence-electron chi connectivity index (χ3n) is 1.41. The van der Waals surface area contributed by atoms with E-state index >= 15 is 0 Å². The molecule has 1 aromatic rings. The Morgan fingerprint density at radius 1 is 1.31 bits per heavy atom. The Morgan fingerprint density at radius 2 is 1.92 bits per heavy atom. The summed E-state index contributed by atoms with van der Waals surface area (Å²) in [5.41, 5.74) is -1.34. The number of rotatable bonds is 1. The second kappa shape index (κ2) is 3.77. The van der Waals surface area contributed by atoms with Gasteiger partial charge in [-0.2, -0.15) is 13.2 Å². The predicted molar refractivity (Wildman–Crippen MR) is 46.8 cm³/mol. The van der Waals surface area contributed by atoms with E-state index < -0.39 is 24.0 Å². The Bertz CT molecular complexity index is 310. The molecule has 72 valence electrons. The number of hydrogen-bond acceptors (Lipinski definition) is 1. The van der Waals surface area contributed by atoms with Crippen LogP contribution in [0, 0.1) is 3.57 Å². The van der Waals surface area contributed by atoms with E-state index in [1.807, 2.05) is 0 Å². The molecule has 0 spiro atoms. The van der Waals surface area contributed by atoms with Crippen molar-refractivity contribution in [2.24, 2.45) is 0 Å². The molecule has 0 bridgehead atoms. The van der Waals surface area contributed by atoms with E-state index in [4.69, 9.17) is 0 Å². The van der Waals surface area contributed by atoms with Gasteiger partial charge in [-0.25, -0.2) is 4.39 Å². The first-order chi connectivity index (χ1) is 5.96. The summed E-state index contributed by atoms with van der Waals surface area (Å²) in [6, 6.07) is 0. The van der Waals surface area contributed by atoms with Crippen molar-refractivity contribution in [3.63, 3.8) is 0 Å². The highest BCUT2D eigenvalue weighted by Gasteiger charge is 2.35. The van der Waals surface area contributed by atoms with E-state index in [1.165, 1.54) is 22.6 Å². The van der Waals surface area contributed by atoms with Crippen molar-refractivity contribution in [2.75, 3.05) is 0 Å². The van der Waals surface area contributed by atoms with Crippen molar-refractivity contribution in [2.45, 2.75) is 12.9 Å². The maximum Gasteiger partial charge on any atom is 0.417 e. The molecule has 13 heavy (non-hydrogen) atoms. The van der Waals surface area contributed by atoms with Crippen molar-refractivity contribution >= 4 is 22.6 Å². The molecule has 0 aliphatic rings. The number of aromatic nitrogens is 1. The molecule has 0 aliphatic carbocycles. The fraction of sp³-hybridized carbons (Fsp3) is 0.286. The van der Waals surface area contributed by atoms with Crippen LogP contribution in [0.25, 0.3) is 0 Å². The van der Waals surface area contributed by atoms with Gasteiger partial charge in [0.1, 0.15) is 6.67 Å². The summed E-state index contributed by atoms with van der Waals surface area (Å²) in [6.07, 6.45) is -2.56. The van der Waals surface area contributed by atoms with Crippen molar-refractivity contribution in [1.82, 2.24) is 4.98 Å². The van der Waals surface area contributed by atoms with Gasteiger partial charge >= 0.3 is 6.18 Å². The van der Waals surface area contributed by atoms with Crippen LogP contribution in [0.2, 0.25) is 0 Å². The van der Waals surface area contributed by atoms with E-state index in [1.54, 1.807) is 0 Å². The van der Waals surface area contributed by atoms with E-state index in [-0.39, 0.29) is 3.57 Å². The van der Waals surface area contributed by atoms with Gasteiger partial charge in [-0.15, -0.1) is 0 Å². The molecular weight excluding hydrogens is 301 g/mol. The average Bonchev–Trinajstić information content (AvgIpc) is 2.01. The molecule has 0 radical (unpaired) electrons. The lowest BCUT2D eigenvalue weighted by atomic mass is 10.1. The Kier molecular flexibility index (Phi) is 3.09. The van der Waals surface area contributed by atoms with Crippen molar-refractivity contribution in [1.29, 1.82) is 0 Å². The molecule has 0 saturated heterocycles. The molecule has 0 aromatic carbocycles. The molecule has 1 nitrogen and oxygen atoms in total. The van der Waals surface area contributed by atoms with Crippen LogP contribution in [0.3, 0.4) is 0 Å². The van der Waals surface area contributed by atoms with Crippen molar-refractivity contribution < 1.29 is 17.6 Å². The Hall–Kier alpha value is -0.400. The van der Waals surface area contributed by atoms with Crippen LogP contribution >= 0.6 is 22.6 Å². The van der Waals surface area contributed by atoms with Gasteiger partial charge in [0, 0.05) is 21.5 Å². The maximum atomic E-state index is 12.3. The molecule has 0 N–H and O–H groups in total. The number of halogens is 5. The highest BCUT2D eigenvalue weighted by atomic mass is 127. The zero-order valence-corrected chi connectivity index (χ0v) is 8.36. The number of nitrogens with zero attached hydrogens (tertiary/aromatic N) is 1. The Balaban J connectivity index is 3.32. The molecule has 1 aromatic heterocycles. The fourth-order valence-corrected chi connectivity index (χ4v) is 1.71. The summed E-state index contributed by atoms with van der Waals surface area (Å²) >= 11 is 1.49. The minimum atomic E-state index is -4.51. The third kappa shape index (κ3) is 2.29. The van der Waals surface area contributed by atoms with E-state index in [9.17, 15) is 17.6 Å². The Morgan fingerprint density at radius 3 is 2.31 bits per heavy atom. The van der Waals surface area contributed by atoms with Crippen molar-refractivity contribution in [3.05, 3.63) is 27.1 Å². The summed E-state index contributed by atoms with van der Waals surface area (Å²) in [4.78, 5) is 3.48. The highest BCUT2D eigenvalue weighted by molar-refractivity contribution is 14.1. The van der Waals surface area contributed by atoms with E-state index in [2.05, 4.69) is 4.98 Å². The molecule has 6 heteroatoms. The van der Waals surface area contributed by atoms with E-state index in [0.717, 1.165) is 12.4 Å². The lowest BCUT2D eigenvalue weighted by molar-refractivity contribution is -0.139. The molecule has 0 aliphatic heterocycles. The first-order valence-electron chi connectivity index (χ1n) is 3.22. The van der Waals surface area contributed by atoms with Gasteiger partial charge in [0.05, 0.1) is 5.56 Å². The normalized spacial score (nSPS) is 11.8. The molecule has 0 atom stereocenters. The minimum Gasteiger partial charge on any atom is -0.263 e. The number of pyridine rings is 1. The first kappa shape index (κ1) is 10.7. The third-order valence-corrected chi connectivity index (χ3v) is 2.22. The van der Waals surface area contributed by atoms with Crippen LogP contribution in [-0.4, -0.2) is 4.98 Å². The quantitative estimate of drug-likeness (QED) is 0.574. The molecule has 0 fully saturated rings. The topological polar surface area (TPSA) is 12.9 Å². The number of hydrogen-bond donors (Lipinski definition) is 0. The fourth-order valence-electron chi connectivity index (χ4n) is 0.894. The van der Waals surface area contributed by atoms with Crippen LogP contribution < -0.4 is 0 Å². The number of alkyl halides is 4. The van der Waals surface area contributed by atoms with Crippen LogP contribution in [0.1, 0.15) is 11.1 Å². The average molecular weight is 305 g/mol. The summed E-state index contributed by atoms with van der Waals surface area (Å²) in [5.74, 6) is 0. The molecule has 0 unspecified atom stereocenters. The molecule has 0 amide bonds. The lowest BCUT2D eigenvalue weighted by Gasteiger charge is -2.11. The monoisotopic (exact) mass is 305 g/mol. The van der Waals surface area contributed by atoms with Gasteiger partial charge < -0.3 is 0 Å². The van der Waals surface area contributed by atoms with Crippen LogP contribution in [0.4, 0.5) is 17.6 Å². The smallest absolute Gasteiger partial charge is 0.263 e. The van der Waals surface area contributed by atoms with Gasteiger partial charge in [0.15, 0.2) is 0 Å². The summed E-state index contributed by atoms with van der Waals surface area (Å²) < 4.78 is 49.0. The zero-order chi connectivity index (χ0) is 10.1.